The Labute approximate surface area is 127 Å². The third kappa shape index (κ3) is 3.10. The van der Waals surface area contributed by atoms with E-state index in [4.69, 9.17) is 0 Å². The van der Waals surface area contributed by atoms with Gasteiger partial charge in [-0.2, -0.15) is 5.10 Å². The topological polar surface area (TPSA) is 41.3 Å². The number of para-hydroxylation sites is 1. The van der Waals surface area contributed by atoms with Crippen molar-refractivity contribution in [3.8, 4) is 5.69 Å². The Bertz CT molecular complexity index is 577. The van der Waals surface area contributed by atoms with E-state index in [-0.39, 0.29) is 6.61 Å². The number of aromatic nitrogens is 2. The molecule has 0 aliphatic heterocycles. The summed E-state index contributed by atoms with van der Waals surface area (Å²) in [6.45, 7) is 6.36. The fourth-order valence-corrected chi connectivity index (χ4v) is 2.66. The highest BCUT2D eigenvalue weighted by atomic mass is 16.3. The fraction of sp³-hybridized carbons (Fsp3) is 0.471. The zero-order valence-corrected chi connectivity index (χ0v) is 13.4. The number of aliphatic hydroxyl groups is 1. The van der Waals surface area contributed by atoms with E-state index < -0.39 is 0 Å². The van der Waals surface area contributed by atoms with E-state index in [1.54, 1.807) is 0 Å². The van der Waals surface area contributed by atoms with Crippen LogP contribution in [0.5, 0.6) is 0 Å². The highest BCUT2D eigenvalue weighted by Crippen LogP contribution is 2.28. The van der Waals surface area contributed by atoms with Gasteiger partial charge in [0.2, 0.25) is 0 Å². The van der Waals surface area contributed by atoms with Crippen molar-refractivity contribution < 1.29 is 5.11 Å². The minimum absolute atomic E-state index is 0.0111. The van der Waals surface area contributed by atoms with Crippen molar-refractivity contribution in [2.45, 2.75) is 46.3 Å². The molecule has 114 valence electrons. The standard InChI is InChI=1S/C17H25N3O/c1-5-9-13(2)19(4)17-16(12-21)14(3)18-20(17)15-10-7-6-8-11-15/h6-8,10-11,13,21H,5,9,12H2,1-4H3. The van der Waals surface area contributed by atoms with E-state index >= 15 is 0 Å². The van der Waals surface area contributed by atoms with Crippen LogP contribution in [0.25, 0.3) is 5.69 Å². The minimum atomic E-state index is 0.0111. The van der Waals surface area contributed by atoms with Crippen LogP contribution in [0.2, 0.25) is 0 Å². The first-order chi connectivity index (χ1) is 10.1. The molecule has 1 aromatic heterocycles. The molecule has 0 radical (unpaired) electrons. The number of hydrogen-bond acceptors (Lipinski definition) is 3. The van der Waals surface area contributed by atoms with Gasteiger partial charge in [-0.05, 0) is 32.4 Å². The average Bonchev–Trinajstić information content (AvgIpc) is 2.84. The molecular weight excluding hydrogens is 262 g/mol. The van der Waals surface area contributed by atoms with Crippen molar-refractivity contribution in [3.63, 3.8) is 0 Å². The van der Waals surface area contributed by atoms with Gasteiger partial charge < -0.3 is 10.0 Å². The van der Waals surface area contributed by atoms with E-state index in [1.165, 1.54) is 0 Å². The molecular formula is C17H25N3O. The molecule has 4 nitrogen and oxygen atoms in total. The molecule has 1 heterocycles. The van der Waals surface area contributed by atoms with Gasteiger partial charge in [-0.1, -0.05) is 31.5 Å². The van der Waals surface area contributed by atoms with Crippen molar-refractivity contribution in [2.75, 3.05) is 11.9 Å². The summed E-state index contributed by atoms with van der Waals surface area (Å²) in [5.41, 5.74) is 2.81. The summed E-state index contributed by atoms with van der Waals surface area (Å²) in [5.74, 6) is 0.988. The highest BCUT2D eigenvalue weighted by Gasteiger charge is 2.21. The molecule has 1 atom stereocenters. The number of aryl methyl sites for hydroxylation is 1. The summed E-state index contributed by atoms with van der Waals surface area (Å²) in [7, 11) is 2.08. The second-order valence-electron chi connectivity index (χ2n) is 5.54. The van der Waals surface area contributed by atoms with Crippen LogP contribution in [-0.2, 0) is 6.61 Å². The summed E-state index contributed by atoms with van der Waals surface area (Å²) in [5, 5.41) is 14.4. The summed E-state index contributed by atoms with van der Waals surface area (Å²) >= 11 is 0. The first kappa shape index (κ1) is 15.6. The molecule has 1 unspecified atom stereocenters. The van der Waals surface area contributed by atoms with E-state index in [9.17, 15) is 5.11 Å². The maximum absolute atomic E-state index is 9.74. The summed E-state index contributed by atoms with van der Waals surface area (Å²) < 4.78 is 1.94. The lowest BCUT2D eigenvalue weighted by molar-refractivity contribution is 0.281. The molecule has 0 aliphatic carbocycles. The van der Waals surface area contributed by atoms with Gasteiger partial charge in [-0.15, -0.1) is 0 Å². The van der Waals surface area contributed by atoms with Crippen LogP contribution < -0.4 is 4.90 Å². The molecule has 0 fully saturated rings. The normalized spacial score (nSPS) is 12.4. The van der Waals surface area contributed by atoms with Gasteiger partial charge in [0.15, 0.2) is 0 Å². The predicted molar refractivity (Wildman–Crippen MR) is 87.0 cm³/mol. The van der Waals surface area contributed by atoms with Crippen molar-refractivity contribution in [2.24, 2.45) is 0 Å². The zero-order valence-electron chi connectivity index (χ0n) is 13.4. The molecule has 0 aliphatic rings. The minimum Gasteiger partial charge on any atom is -0.391 e. The summed E-state index contributed by atoms with van der Waals surface area (Å²) in [6.07, 6.45) is 2.25. The van der Waals surface area contributed by atoms with Crippen LogP contribution in [0.4, 0.5) is 5.82 Å². The lowest BCUT2D eigenvalue weighted by atomic mass is 10.1. The van der Waals surface area contributed by atoms with Crippen molar-refractivity contribution in [1.82, 2.24) is 9.78 Å². The number of hydrogen-bond donors (Lipinski definition) is 1. The smallest absolute Gasteiger partial charge is 0.138 e. The third-order valence-electron chi connectivity index (χ3n) is 4.02. The maximum atomic E-state index is 9.74. The largest absolute Gasteiger partial charge is 0.391 e. The van der Waals surface area contributed by atoms with Crippen LogP contribution >= 0.6 is 0 Å². The van der Waals surface area contributed by atoms with E-state index in [0.29, 0.717) is 6.04 Å². The molecule has 1 aromatic carbocycles. The number of nitrogens with zero attached hydrogens (tertiary/aromatic N) is 3. The van der Waals surface area contributed by atoms with Crippen LogP contribution in [0, 0.1) is 6.92 Å². The quantitative estimate of drug-likeness (QED) is 0.886. The van der Waals surface area contributed by atoms with Gasteiger partial charge >= 0.3 is 0 Å². The Morgan fingerprint density at radius 1 is 1.29 bits per heavy atom. The van der Waals surface area contributed by atoms with E-state index in [1.807, 2.05) is 41.9 Å². The second-order valence-corrected chi connectivity index (χ2v) is 5.54. The molecule has 0 saturated carbocycles. The maximum Gasteiger partial charge on any atom is 0.138 e. The summed E-state index contributed by atoms with van der Waals surface area (Å²) in [6, 6.07) is 10.5. The van der Waals surface area contributed by atoms with Crippen LogP contribution in [0.1, 0.15) is 37.9 Å². The van der Waals surface area contributed by atoms with Crippen LogP contribution in [0.15, 0.2) is 30.3 Å². The van der Waals surface area contributed by atoms with Gasteiger partial charge in [0.25, 0.3) is 0 Å². The Hall–Kier alpha value is -1.81. The Morgan fingerprint density at radius 3 is 2.52 bits per heavy atom. The number of aliphatic hydroxyl groups excluding tert-OH is 1. The first-order valence-electron chi connectivity index (χ1n) is 7.57. The number of benzene rings is 1. The van der Waals surface area contributed by atoms with E-state index in [2.05, 4.69) is 30.9 Å². The summed E-state index contributed by atoms with van der Waals surface area (Å²) in [4.78, 5) is 2.22. The van der Waals surface area contributed by atoms with Gasteiger partial charge in [0.1, 0.15) is 5.82 Å². The molecule has 0 amide bonds. The van der Waals surface area contributed by atoms with Crippen LogP contribution in [-0.4, -0.2) is 28.0 Å². The molecule has 1 N–H and O–H groups in total. The number of anilines is 1. The Morgan fingerprint density at radius 2 is 1.95 bits per heavy atom. The van der Waals surface area contributed by atoms with Crippen molar-refractivity contribution >= 4 is 5.82 Å². The Kier molecular flexibility index (Phi) is 5.02. The predicted octanol–water partition coefficient (Wildman–Crippen LogP) is 3.30. The highest BCUT2D eigenvalue weighted by molar-refractivity contribution is 5.55. The zero-order chi connectivity index (χ0) is 15.4. The molecule has 2 rings (SSSR count). The third-order valence-corrected chi connectivity index (χ3v) is 4.02. The van der Waals surface area contributed by atoms with Gasteiger partial charge in [0.05, 0.1) is 18.0 Å². The average molecular weight is 287 g/mol. The van der Waals surface area contributed by atoms with Crippen LogP contribution in [0.3, 0.4) is 0 Å². The Balaban J connectivity index is 2.52. The fourth-order valence-electron chi connectivity index (χ4n) is 2.66. The molecule has 4 heteroatoms. The molecule has 2 aromatic rings. The number of rotatable bonds is 6. The van der Waals surface area contributed by atoms with E-state index in [0.717, 1.165) is 35.6 Å². The lowest BCUT2D eigenvalue weighted by Crippen LogP contribution is -2.31. The van der Waals surface area contributed by atoms with Crippen molar-refractivity contribution in [1.29, 1.82) is 0 Å². The second kappa shape index (κ2) is 6.76. The molecule has 21 heavy (non-hydrogen) atoms. The van der Waals surface area contributed by atoms with Crippen molar-refractivity contribution in [3.05, 3.63) is 41.6 Å². The first-order valence-corrected chi connectivity index (χ1v) is 7.57. The monoisotopic (exact) mass is 287 g/mol. The molecule has 0 spiro atoms. The SMILES string of the molecule is CCCC(C)N(C)c1c(CO)c(C)nn1-c1ccccc1. The lowest BCUT2D eigenvalue weighted by Gasteiger charge is -2.28. The molecule has 0 saturated heterocycles. The van der Waals surface area contributed by atoms with Gasteiger partial charge in [-0.25, -0.2) is 4.68 Å². The van der Waals surface area contributed by atoms with Gasteiger partial charge in [-0.3, -0.25) is 0 Å². The van der Waals surface area contributed by atoms with Gasteiger partial charge in [0, 0.05) is 18.7 Å². The molecule has 0 bridgehead atoms.